The Hall–Kier alpha value is -0.940. The van der Waals surface area contributed by atoms with Crippen LogP contribution in [0.2, 0.25) is 0 Å². The SMILES string of the molecule is COC(=O)C(C)CN(C)Cc1cnc(C)s1. The zero-order valence-electron chi connectivity index (χ0n) is 10.2. The Balaban J connectivity index is 2.41. The Kier molecular flexibility index (Phi) is 4.89. The number of carbonyl (C=O) groups excluding carboxylic acids is 1. The molecule has 90 valence electrons. The Morgan fingerprint density at radius 2 is 2.38 bits per heavy atom. The Morgan fingerprint density at radius 1 is 1.69 bits per heavy atom. The minimum absolute atomic E-state index is 0.0935. The van der Waals surface area contributed by atoms with Crippen molar-refractivity contribution in [1.29, 1.82) is 0 Å². The van der Waals surface area contributed by atoms with Crippen molar-refractivity contribution >= 4 is 17.3 Å². The molecule has 0 fully saturated rings. The predicted molar refractivity (Wildman–Crippen MR) is 64.4 cm³/mol. The van der Waals surface area contributed by atoms with Gasteiger partial charge >= 0.3 is 5.97 Å². The molecule has 1 rings (SSSR count). The first-order valence-electron chi connectivity index (χ1n) is 5.20. The van der Waals surface area contributed by atoms with E-state index >= 15 is 0 Å². The molecule has 0 amide bonds. The van der Waals surface area contributed by atoms with Gasteiger partial charge in [-0.25, -0.2) is 4.98 Å². The first kappa shape index (κ1) is 13.1. The number of methoxy groups -OCH3 is 1. The first-order chi connectivity index (χ1) is 7.52. The lowest BCUT2D eigenvalue weighted by Gasteiger charge is -2.18. The highest BCUT2D eigenvalue weighted by atomic mass is 32.1. The van der Waals surface area contributed by atoms with Crippen molar-refractivity contribution in [3.8, 4) is 0 Å². The van der Waals surface area contributed by atoms with Gasteiger partial charge in [-0.05, 0) is 14.0 Å². The summed E-state index contributed by atoms with van der Waals surface area (Å²) in [5.41, 5.74) is 0. The summed E-state index contributed by atoms with van der Waals surface area (Å²) in [4.78, 5) is 18.8. The summed E-state index contributed by atoms with van der Waals surface area (Å²) in [5, 5.41) is 1.07. The maximum atomic E-state index is 11.2. The van der Waals surface area contributed by atoms with Crippen LogP contribution in [0.5, 0.6) is 0 Å². The molecule has 1 aromatic rings. The van der Waals surface area contributed by atoms with Gasteiger partial charge in [-0.15, -0.1) is 11.3 Å². The van der Waals surface area contributed by atoms with Gasteiger partial charge in [0.05, 0.1) is 18.0 Å². The van der Waals surface area contributed by atoms with Crippen LogP contribution < -0.4 is 0 Å². The minimum Gasteiger partial charge on any atom is -0.469 e. The summed E-state index contributed by atoms with van der Waals surface area (Å²) >= 11 is 1.69. The molecule has 0 saturated heterocycles. The van der Waals surface area contributed by atoms with Gasteiger partial charge in [0.25, 0.3) is 0 Å². The lowest BCUT2D eigenvalue weighted by molar-refractivity contribution is -0.145. The minimum atomic E-state index is -0.160. The molecule has 16 heavy (non-hydrogen) atoms. The summed E-state index contributed by atoms with van der Waals surface area (Å²) < 4.78 is 4.69. The Labute approximate surface area is 100 Å². The molecule has 0 N–H and O–H groups in total. The molecule has 0 aliphatic heterocycles. The van der Waals surface area contributed by atoms with Crippen LogP contribution in [0.3, 0.4) is 0 Å². The standard InChI is InChI=1S/C11H18N2O2S/c1-8(11(14)15-4)6-13(3)7-10-5-12-9(2)16-10/h5,8H,6-7H2,1-4H3. The van der Waals surface area contributed by atoms with Crippen LogP contribution in [-0.4, -0.2) is 36.6 Å². The van der Waals surface area contributed by atoms with Crippen LogP contribution in [0.1, 0.15) is 16.8 Å². The molecule has 0 aromatic carbocycles. The van der Waals surface area contributed by atoms with Crippen LogP contribution >= 0.6 is 11.3 Å². The molecule has 0 spiro atoms. The van der Waals surface area contributed by atoms with Crippen molar-refractivity contribution in [1.82, 2.24) is 9.88 Å². The van der Waals surface area contributed by atoms with Crippen molar-refractivity contribution in [3.05, 3.63) is 16.1 Å². The topological polar surface area (TPSA) is 42.4 Å². The number of rotatable bonds is 5. The van der Waals surface area contributed by atoms with Gasteiger partial charge < -0.3 is 9.64 Å². The van der Waals surface area contributed by atoms with Gasteiger partial charge in [-0.1, -0.05) is 6.92 Å². The lowest BCUT2D eigenvalue weighted by Crippen LogP contribution is -2.28. The maximum absolute atomic E-state index is 11.2. The fourth-order valence-corrected chi connectivity index (χ4v) is 2.43. The van der Waals surface area contributed by atoms with E-state index < -0.39 is 0 Å². The van der Waals surface area contributed by atoms with E-state index in [9.17, 15) is 4.79 Å². The van der Waals surface area contributed by atoms with Gasteiger partial charge in [-0.3, -0.25) is 4.79 Å². The molecular formula is C11H18N2O2S. The van der Waals surface area contributed by atoms with Crippen molar-refractivity contribution in [2.45, 2.75) is 20.4 Å². The second kappa shape index (κ2) is 5.96. The number of esters is 1. The summed E-state index contributed by atoms with van der Waals surface area (Å²) in [5.74, 6) is -0.253. The average molecular weight is 242 g/mol. The van der Waals surface area contributed by atoms with Crippen molar-refractivity contribution in [2.75, 3.05) is 20.7 Å². The molecular weight excluding hydrogens is 224 g/mol. The van der Waals surface area contributed by atoms with E-state index in [4.69, 9.17) is 4.74 Å². The van der Waals surface area contributed by atoms with Crippen molar-refractivity contribution in [2.24, 2.45) is 5.92 Å². The van der Waals surface area contributed by atoms with Gasteiger partial charge in [0, 0.05) is 24.2 Å². The van der Waals surface area contributed by atoms with E-state index in [1.54, 1.807) is 11.3 Å². The number of aryl methyl sites for hydroxylation is 1. The highest BCUT2D eigenvalue weighted by Crippen LogP contribution is 2.14. The third kappa shape index (κ3) is 3.90. The van der Waals surface area contributed by atoms with Gasteiger partial charge in [0.1, 0.15) is 0 Å². The van der Waals surface area contributed by atoms with Crippen LogP contribution in [0.15, 0.2) is 6.20 Å². The second-order valence-electron chi connectivity index (χ2n) is 3.97. The fraction of sp³-hybridized carbons (Fsp3) is 0.636. The molecule has 1 atom stereocenters. The zero-order chi connectivity index (χ0) is 12.1. The third-order valence-corrected chi connectivity index (χ3v) is 3.18. The molecule has 0 aliphatic rings. The predicted octanol–water partition coefficient (Wildman–Crippen LogP) is 1.69. The fourth-order valence-electron chi connectivity index (χ4n) is 1.55. The molecule has 0 aliphatic carbocycles. The van der Waals surface area contributed by atoms with E-state index in [1.807, 2.05) is 27.1 Å². The van der Waals surface area contributed by atoms with E-state index in [-0.39, 0.29) is 11.9 Å². The van der Waals surface area contributed by atoms with Crippen molar-refractivity contribution in [3.63, 3.8) is 0 Å². The normalized spacial score (nSPS) is 12.8. The molecule has 1 aromatic heterocycles. The molecule has 1 heterocycles. The number of aromatic nitrogens is 1. The van der Waals surface area contributed by atoms with Gasteiger partial charge in [-0.2, -0.15) is 0 Å². The summed E-state index contributed by atoms with van der Waals surface area (Å²) in [6, 6.07) is 0. The second-order valence-corrected chi connectivity index (χ2v) is 5.29. The highest BCUT2D eigenvalue weighted by molar-refractivity contribution is 7.11. The maximum Gasteiger partial charge on any atom is 0.309 e. The van der Waals surface area contributed by atoms with E-state index in [1.165, 1.54) is 12.0 Å². The number of ether oxygens (including phenoxy) is 1. The number of hydrogen-bond acceptors (Lipinski definition) is 5. The van der Waals surface area contributed by atoms with E-state index in [0.29, 0.717) is 6.54 Å². The zero-order valence-corrected chi connectivity index (χ0v) is 11.0. The highest BCUT2D eigenvalue weighted by Gasteiger charge is 2.15. The quantitative estimate of drug-likeness (QED) is 0.737. The number of carbonyl (C=O) groups is 1. The number of thiazole rings is 1. The Bertz CT molecular complexity index is 352. The largest absolute Gasteiger partial charge is 0.469 e. The number of hydrogen-bond donors (Lipinski definition) is 0. The average Bonchev–Trinajstić information content (AvgIpc) is 2.62. The van der Waals surface area contributed by atoms with Crippen LogP contribution in [-0.2, 0) is 16.1 Å². The third-order valence-electron chi connectivity index (χ3n) is 2.28. The van der Waals surface area contributed by atoms with E-state index in [2.05, 4.69) is 9.88 Å². The first-order valence-corrected chi connectivity index (χ1v) is 6.02. The monoisotopic (exact) mass is 242 g/mol. The lowest BCUT2D eigenvalue weighted by atomic mass is 10.2. The number of nitrogens with zero attached hydrogens (tertiary/aromatic N) is 2. The summed E-state index contributed by atoms with van der Waals surface area (Å²) in [6.45, 7) is 5.39. The molecule has 0 radical (unpaired) electrons. The van der Waals surface area contributed by atoms with Crippen LogP contribution in [0.25, 0.3) is 0 Å². The summed E-state index contributed by atoms with van der Waals surface area (Å²) in [6.07, 6.45) is 1.89. The molecule has 0 bridgehead atoms. The van der Waals surface area contributed by atoms with Gasteiger partial charge in [0.15, 0.2) is 0 Å². The van der Waals surface area contributed by atoms with Crippen LogP contribution in [0, 0.1) is 12.8 Å². The molecule has 0 saturated carbocycles. The van der Waals surface area contributed by atoms with E-state index in [0.717, 1.165) is 11.6 Å². The molecule has 4 nitrogen and oxygen atoms in total. The van der Waals surface area contributed by atoms with Crippen LogP contribution in [0.4, 0.5) is 0 Å². The summed E-state index contributed by atoms with van der Waals surface area (Å²) in [7, 11) is 3.42. The molecule has 5 heteroatoms. The molecule has 1 unspecified atom stereocenters. The smallest absolute Gasteiger partial charge is 0.309 e. The van der Waals surface area contributed by atoms with Gasteiger partial charge in [0.2, 0.25) is 0 Å². The Morgan fingerprint density at radius 3 is 2.88 bits per heavy atom. The van der Waals surface area contributed by atoms with Crippen molar-refractivity contribution < 1.29 is 9.53 Å².